The lowest BCUT2D eigenvalue weighted by atomic mass is 9.81. The number of aromatic nitrogens is 2. The van der Waals surface area contributed by atoms with Gasteiger partial charge in [0.1, 0.15) is 0 Å². The highest BCUT2D eigenvalue weighted by Crippen LogP contribution is 2.47. The number of hydrogen-bond donors (Lipinski definition) is 1. The van der Waals surface area contributed by atoms with Gasteiger partial charge in [0, 0.05) is 23.7 Å². The van der Waals surface area contributed by atoms with Crippen LogP contribution in [0.2, 0.25) is 0 Å². The minimum absolute atomic E-state index is 0.366. The Morgan fingerprint density at radius 1 is 0.968 bits per heavy atom. The molecule has 0 radical (unpaired) electrons. The van der Waals surface area contributed by atoms with E-state index < -0.39 is 17.1 Å². The third kappa shape index (κ3) is 3.59. The molecule has 1 N–H and O–H groups in total. The monoisotopic (exact) mass is 423 g/mol. The number of hydrogen-bond acceptors (Lipinski definition) is 4. The first-order valence-corrected chi connectivity index (χ1v) is 12.0. The van der Waals surface area contributed by atoms with Crippen molar-refractivity contribution in [1.29, 1.82) is 0 Å². The average Bonchev–Trinajstić information content (AvgIpc) is 2.98. The van der Waals surface area contributed by atoms with Crippen molar-refractivity contribution in [2.45, 2.75) is 101 Å². The van der Waals surface area contributed by atoms with Crippen LogP contribution >= 0.6 is 0 Å². The fourth-order valence-corrected chi connectivity index (χ4v) is 6.81. The van der Waals surface area contributed by atoms with E-state index in [9.17, 15) is 14.7 Å². The smallest absolute Gasteiger partial charge is 0.360 e. The summed E-state index contributed by atoms with van der Waals surface area (Å²) in [6.07, 6.45) is 13.5. The van der Waals surface area contributed by atoms with Crippen molar-refractivity contribution >= 4 is 17.0 Å². The lowest BCUT2D eigenvalue weighted by molar-refractivity contribution is 0.0161. The maximum Gasteiger partial charge on any atom is 0.360 e. The molecule has 3 fully saturated rings. The molecule has 6 nitrogen and oxygen atoms in total. The first-order chi connectivity index (χ1) is 15.0. The molecule has 2 aliphatic heterocycles. The van der Waals surface area contributed by atoms with Gasteiger partial charge in [0.25, 0.3) is 5.56 Å². The lowest BCUT2D eigenvalue weighted by Crippen LogP contribution is -2.56. The van der Waals surface area contributed by atoms with E-state index in [1.807, 2.05) is 18.2 Å². The van der Waals surface area contributed by atoms with Crippen molar-refractivity contribution in [2.24, 2.45) is 0 Å². The molecule has 3 atom stereocenters. The molecule has 2 aromatic rings. The van der Waals surface area contributed by atoms with Gasteiger partial charge in [0.05, 0.1) is 11.0 Å². The van der Waals surface area contributed by atoms with Crippen LogP contribution in [-0.2, 0) is 5.54 Å². The molecule has 3 heterocycles. The quantitative estimate of drug-likeness (QED) is 0.784. The van der Waals surface area contributed by atoms with Gasteiger partial charge in [-0.1, -0.05) is 44.2 Å². The van der Waals surface area contributed by atoms with Gasteiger partial charge in [-0.05, 0) is 57.6 Å². The zero-order chi connectivity index (χ0) is 21.6. The van der Waals surface area contributed by atoms with Crippen molar-refractivity contribution in [3.05, 3.63) is 40.3 Å². The number of para-hydroxylation sites is 2. The Bertz CT molecular complexity index is 1020. The van der Waals surface area contributed by atoms with Gasteiger partial charge in [0.15, 0.2) is 0 Å². The molecule has 2 bridgehead atoms. The normalized spacial score (nSPS) is 30.2. The van der Waals surface area contributed by atoms with Gasteiger partial charge in [-0.25, -0.2) is 9.78 Å². The molecule has 1 aromatic heterocycles. The largest absolute Gasteiger partial charge is 0.476 e. The summed E-state index contributed by atoms with van der Waals surface area (Å²) in [5.74, 6) is -1.25. The molecule has 1 unspecified atom stereocenters. The van der Waals surface area contributed by atoms with E-state index >= 15 is 0 Å². The molecule has 1 saturated carbocycles. The predicted octanol–water partition coefficient (Wildman–Crippen LogP) is 4.55. The number of carbonyl (C=O) groups is 1. The SMILES string of the molecule is CC1(n2c(=O)c(C(=O)O)nc3ccccc32)C[C@H]2CC[C@@H](C1)N2C1CCCCCCC1. The van der Waals surface area contributed by atoms with E-state index in [2.05, 4.69) is 16.8 Å². The fourth-order valence-electron chi connectivity index (χ4n) is 6.81. The van der Waals surface area contributed by atoms with Gasteiger partial charge in [0.2, 0.25) is 5.69 Å². The van der Waals surface area contributed by atoms with Crippen LogP contribution in [0.25, 0.3) is 11.0 Å². The Morgan fingerprint density at radius 3 is 2.23 bits per heavy atom. The van der Waals surface area contributed by atoms with Crippen molar-refractivity contribution in [3.8, 4) is 0 Å². The van der Waals surface area contributed by atoms with Crippen LogP contribution in [0.15, 0.2) is 29.1 Å². The number of fused-ring (bicyclic) bond motifs is 3. The Kier molecular flexibility index (Phi) is 5.37. The summed E-state index contributed by atoms with van der Waals surface area (Å²) in [4.78, 5) is 32.1. The van der Waals surface area contributed by atoms with Crippen molar-refractivity contribution in [1.82, 2.24) is 14.5 Å². The highest BCUT2D eigenvalue weighted by molar-refractivity contribution is 5.88. The van der Waals surface area contributed by atoms with Crippen LogP contribution < -0.4 is 5.56 Å². The Morgan fingerprint density at radius 2 is 1.58 bits per heavy atom. The molecule has 166 valence electrons. The highest BCUT2D eigenvalue weighted by atomic mass is 16.4. The average molecular weight is 424 g/mol. The third-order valence-electron chi connectivity index (χ3n) is 8.03. The Labute approximate surface area is 183 Å². The fraction of sp³-hybridized carbons (Fsp3) is 0.640. The Balaban J connectivity index is 1.53. The minimum atomic E-state index is -1.25. The topological polar surface area (TPSA) is 75.4 Å². The van der Waals surface area contributed by atoms with Crippen LogP contribution in [0.4, 0.5) is 0 Å². The van der Waals surface area contributed by atoms with Gasteiger partial charge in [-0.2, -0.15) is 0 Å². The summed E-state index contributed by atoms with van der Waals surface area (Å²) < 4.78 is 1.78. The second kappa shape index (κ2) is 8.05. The zero-order valence-electron chi connectivity index (χ0n) is 18.4. The molecule has 1 aromatic carbocycles. The number of piperidine rings is 1. The van der Waals surface area contributed by atoms with Crippen molar-refractivity contribution < 1.29 is 9.90 Å². The molecule has 0 spiro atoms. The minimum Gasteiger partial charge on any atom is -0.476 e. The molecular formula is C25H33N3O3. The van der Waals surface area contributed by atoms with Gasteiger partial charge >= 0.3 is 5.97 Å². The third-order valence-corrected chi connectivity index (χ3v) is 8.03. The van der Waals surface area contributed by atoms with Gasteiger partial charge in [-0.15, -0.1) is 0 Å². The van der Waals surface area contributed by atoms with Crippen molar-refractivity contribution in [2.75, 3.05) is 0 Å². The first-order valence-electron chi connectivity index (χ1n) is 12.0. The zero-order valence-corrected chi connectivity index (χ0v) is 18.4. The van der Waals surface area contributed by atoms with E-state index in [1.165, 1.54) is 57.8 Å². The maximum atomic E-state index is 13.3. The molecular weight excluding hydrogens is 390 g/mol. The maximum absolute atomic E-state index is 13.3. The summed E-state index contributed by atoms with van der Waals surface area (Å²) in [5, 5.41) is 9.63. The molecule has 31 heavy (non-hydrogen) atoms. The van der Waals surface area contributed by atoms with Crippen LogP contribution in [-0.4, -0.2) is 43.7 Å². The number of rotatable bonds is 3. The standard InChI is InChI=1S/C25H33N3O3/c1-25(28-21-12-8-7-11-20(21)26-22(23(28)29)24(30)31)15-18-13-14-19(16-25)27(18)17-9-5-3-2-4-6-10-17/h7-8,11-12,17-19H,2-6,9-10,13-16H2,1H3,(H,30,31)/t18-,19+,25?. The van der Waals surface area contributed by atoms with E-state index in [1.54, 1.807) is 10.6 Å². The number of nitrogens with zero attached hydrogens (tertiary/aromatic N) is 3. The van der Waals surface area contributed by atoms with Crippen LogP contribution in [0.3, 0.4) is 0 Å². The summed E-state index contributed by atoms with van der Waals surface area (Å²) in [6.45, 7) is 2.16. The molecule has 1 aliphatic carbocycles. The predicted molar refractivity (Wildman–Crippen MR) is 121 cm³/mol. The number of aromatic carboxylic acids is 1. The number of benzene rings is 1. The summed E-state index contributed by atoms with van der Waals surface area (Å²) in [7, 11) is 0. The molecule has 6 heteroatoms. The number of carboxylic acid groups (broad SMARTS) is 1. The Hall–Kier alpha value is -2.21. The van der Waals surface area contributed by atoms with E-state index in [4.69, 9.17) is 0 Å². The van der Waals surface area contributed by atoms with E-state index in [0.717, 1.165) is 18.4 Å². The molecule has 2 saturated heterocycles. The second-order valence-corrected chi connectivity index (χ2v) is 10.1. The molecule has 3 aliphatic rings. The van der Waals surface area contributed by atoms with E-state index in [-0.39, 0.29) is 5.69 Å². The second-order valence-electron chi connectivity index (χ2n) is 10.1. The van der Waals surface area contributed by atoms with E-state index in [0.29, 0.717) is 23.6 Å². The number of carboxylic acids is 1. The summed E-state index contributed by atoms with van der Waals surface area (Å²) in [6, 6.07) is 9.08. The van der Waals surface area contributed by atoms with Crippen molar-refractivity contribution in [3.63, 3.8) is 0 Å². The van der Waals surface area contributed by atoms with Gasteiger partial charge in [-0.3, -0.25) is 14.3 Å². The lowest BCUT2D eigenvalue weighted by Gasteiger charge is -2.49. The van der Waals surface area contributed by atoms with Gasteiger partial charge < -0.3 is 5.11 Å². The first kappa shape index (κ1) is 20.7. The summed E-state index contributed by atoms with van der Waals surface area (Å²) in [5.41, 5.74) is 0.102. The molecule has 0 amide bonds. The highest BCUT2D eigenvalue weighted by Gasteiger charge is 2.49. The molecule has 5 rings (SSSR count). The van der Waals surface area contributed by atoms with Crippen LogP contribution in [0.1, 0.15) is 88.0 Å². The summed E-state index contributed by atoms with van der Waals surface area (Å²) >= 11 is 0. The van der Waals surface area contributed by atoms with Crippen LogP contribution in [0, 0.1) is 0 Å². The van der Waals surface area contributed by atoms with Crippen LogP contribution in [0.5, 0.6) is 0 Å².